The first kappa shape index (κ1) is 14.3. The summed E-state index contributed by atoms with van der Waals surface area (Å²) in [5.74, 6) is 0.852. The van der Waals surface area contributed by atoms with Crippen LogP contribution in [0.15, 0.2) is 36.7 Å². The van der Waals surface area contributed by atoms with Crippen molar-refractivity contribution in [1.82, 2.24) is 15.3 Å². The Bertz CT molecular complexity index is 595. The van der Waals surface area contributed by atoms with Crippen molar-refractivity contribution < 1.29 is 0 Å². The third-order valence-electron chi connectivity index (χ3n) is 3.60. The van der Waals surface area contributed by atoms with Crippen LogP contribution in [0.1, 0.15) is 24.1 Å². The van der Waals surface area contributed by atoms with Crippen LogP contribution < -0.4 is 10.2 Å². The fourth-order valence-electron chi connectivity index (χ4n) is 2.14. The van der Waals surface area contributed by atoms with Gasteiger partial charge in [-0.2, -0.15) is 0 Å². The van der Waals surface area contributed by atoms with Gasteiger partial charge in [0.2, 0.25) is 0 Å². The van der Waals surface area contributed by atoms with Crippen LogP contribution in [0, 0.1) is 0 Å². The van der Waals surface area contributed by atoms with Crippen LogP contribution in [0.5, 0.6) is 0 Å². The molecule has 0 aliphatic heterocycles. The molecule has 1 aliphatic carbocycles. The summed E-state index contributed by atoms with van der Waals surface area (Å²) in [5, 5.41) is 4.22. The Hall–Kier alpha value is -1.65. The maximum absolute atomic E-state index is 6.19. The maximum Gasteiger partial charge on any atom is 0.147 e. The minimum Gasteiger partial charge on any atom is -0.354 e. The third-order valence-corrected chi connectivity index (χ3v) is 3.97. The van der Waals surface area contributed by atoms with Gasteiger partial charge in [0.25, 0.3) is 0 Å². The van der Waals surface area contributed by atoms with Gasteiger partial charge in [-0.25, -0.2) is 4.98 Å². The molecule has 2 aromatic rings. The molecule has 0 unspecified atom stereocenters. The lowest BCUT2D eigenvalue weighted by Gasteiger charge is -2.18. The van der Waals surface area contributed by atoms with Gasteiger partial charge < -0.3 is 10.2 Å². The topological polar surface area (TPSA) is 41.1 Å². The van der Waals surface area contributed by atoms with Gasteiger partial charge in [-0.05, 0) is 24.5 Å². The molecule has 0 bridgehead atoms. The SMILES string of the molecule is CN(Cc1ccccc1Cl)c1cnc(CNC2CC2)cn1. The summed E-state index contributed by atoms with van der Waals surface area (Å²) in [6.07, 6.45) is 6.23. The van der Waals surface area contributed by atoms with Gasteiger partial charge in [-0.3, -0.25) is 4.98 Å². The number of nitrogens with zero attached hydrogens (tertiary/aromatic N) is 3. The monoisotopic (exact) mass is 302 g/mol. The summed E-state index contributed by atoms with van der Waals surface area (Å²) in [4.78, 5) is 11.0. The Labute approximate surface area is 130 Å². The number of rotatable bonds is 6. The lowest BCUT2D eigenvalue weighted by atomic mass is 10.2. The smallest absolute Gasteiger partial charge is 0.147 e. The van der Waals surface area contributed by atoms with Gasteiger partial charge in [0.1, 0.15) is 5.82 Å². The Morgan fingerprint density at radius 2 is 2.05 bits per heavy atom. The molecule has 0 spiro atoms. The van der Waals surface area contributed by atoms with E-state index in [1.807, 2.05) is 48.6 Å². The van der Waals surface area contributed by atoms with E-state index in [1.54, 1.807) is 0 Å². The maximum atomic E-state index is 6.19. The molecular formula is C16H19ClN4. The molecule has 0 amide bonds. The minimum absolute atomic E-state index is 0.689. The van der Waals surface area contributed by atoms with Gasteiger partial charge in [0, 0.05) is 31.2 Å². The molecule has 21 heavy (non-hydrogen) atoms. The molecule has 3 rings (SSSR count). The van der Waals surface area contributed by atoms with Gasteiger partial charge in [0.05, 0.1) is 18.1 Å². The second-order valence-electron chi connectivity index (χ2n) is 5.47. The van der Waals surface area contributed by atoms with Gasteiger partial charge >= 0.3 is 0 Å². The molecule has 1 aromatic heterocycles. The highest BCUT2D eigenvalue weighted by Crippen LogP contribution is 2.20. The van der Waals surface area contributed by atoms with E-state index < -0.39 is 0 Å². The average Bonchev–Trinajstić information content (AvgIpc) is 3.32. The Kier molecular flexibility index (Phi) is 4.36. The van der Waals surface area contributed by atoms with Crippen molar-refractivity contribution in [3.05, 3.63) is 52.9 Å². The first-order valence-corrected chi connectivity index (χ1v) is 7.59. The molecule has 110 valence electrons. The summed E-state index contributed by atoms with van der Waals surface area (Å²) < 4.78 is 0. The summed E-state index contributed by atoms with van der Waals surface area (Å²) in [7, 11) is 2.00. The predicted octanol–water partition coefficient (Wildman–Crippen LogP) is 3.02. The van der Waals surface area contributed by atoms with Crippen LogP contribution in [-0.2, 0) is 13.1 Å². The Balaban J connectivity index is 1.61. The summed E-state index contributed by atoms with van der Waals surface area (Å²) >= 11 is 6.19. The van der Waals surface area contributed by atoms with Gasteiger partial charge in [-0.15, -0.1) is 0 Å². The van der Waals surface area contributed by atoms with Crippen molar-refractivity contribution in [2.24, 2.45) is 0 Å². The molecule has 4 nitrogen and oxygen atoms in total. The number of hydrogen-bond donors (Lipinski definition) is 1. The van der Waals surface area contributed by atoms with E-state index in [0.29, 0.717) is 12.6 Å². The van der Waals surface area contributed by atoms with E-state index >= 15 is 0 Å². The summed E-state index contributed by atoms with van der Waals surface area (Å²) in [6.45, 7) is 1.51. The quantitative estimate of drug-likeness (QED) is 0.890. The lowest BCUT2D eigenvalue weighted by molar-refractivity contribution is 0.671. The fourth-order valence-corrected chi connectivity index (χ4v) is 2.33. The first-order chi connectivity index (χ1) is 10.2. The van der Waals surface area contributed by atoms with Crippen LogP contribution in [0.3, 0.4) is 0 Å². The van der Waals surface area contributed by atoms with E-state index in [2.05, 4.69) is 15.3 Å². The van der Waals surface area contributed by atoms with Crippen LogP contribution in [0.25, 0.3) is 0 Å². The lowest BCUT2D eigenvalue weighted by Crippen LogP contribution is -2.20. The van der Waals surface area contributed by atoms with Crippen LogP contribution >= 0.6 is 11.6 Å². The number of benzene rings is 1. The number of nitrogens with one attached hydrogen (secondary N) is 1. The van der Waals surface area contributed by atoms with Crippen LogP contribution in [-0.4, -0.2) is 23.1 Å². The third kappa shape index (κ3) is 3.93. The predicted molar refractivity (Wildman–Crippen MR) is 85.5 cm³/mol. The number of aromatic nitrogens is 2. The van der Waals surface area contributed by atoms with Crippen molar-refractivity contribution in [3.8, 4) is 0 Å². The molecule has 1 aliphatic rings. The number of anilines is 1. The molecule has 1 saturated carbocycles. The van der Waals surface area contributed by atoms with Crippen LogP contribution in [0.2, 0.25) is 5.02 Å². The minimum atomic E-state index is 0.689. The molecule has 5 heteroatoms. The Morgan fingerprint density at radius 3 is 2.71 bits per heavy atom. The van der Waals surface area contributed by atoms with E-state index in [1.165, 1.54) is 12.8 Å². The van der Waals surface area contributed by atoms with Crippen molar-refractivity contribution in [3.63, 3.8) is 0 Å². The zero-order valence-electron chi connectivity index (χ0n) is 12.1. The first-order valence-electron chi connectivity index (χ1n) is 7.21. The average molecular weight is 303 g/mol. The normalized spacial score (nSPS) is 14.2. The number of halogens is 1. The largest absolute Gasteiger partial charge is 0.354 e. The van der Waals surface area contributed by atoms with E-state index in [-0.39, 0.29) is 0 Å². The molecule has 1 heterocycles. The molecule has 1 fully saturated rings. The second-order valence-corrected chi connectivity index (χ2v) is 5.88. The Morgan fingerprint density at radius 1 is 1.24 bits per heavy atom. The number of hydrogen-bond acceptors (Lipinski definition) is 4. The summed E-state index contributed by atoms with van der Waals surface area (Å²) in [5.41, 5.74) is 2.07. The molecule has 0 radical (unpaired) electrons. The highest BCUT2D eigenvalue weighted by molar-refractivity contribution is 6.31. The van der Waals surface area contributed by atoms with Crippen molar-refractivity contribution in [2.75, 3.05) is 11.9 Å². The van der Waals surface area contributed by atoms with Crippen molar-refractivity contribution in [1.29, 1.82) is 0 Å². The fraction of sp³-hybridized carbons (Fsp3) is 0.375. The van der Waals surface area contributed by atoms with Gasteiger partial charge in [0.15, 0.2) is 0 Å². The molecule has 0 saturated heterocycles. The van der Waals surface area contributed by atoms with Gasteiger partial charge in [-0.1, -0.05) is 29.8 Å². The van der Waals surface area contributed by atoms with Crippen molar-refractivity contribution >= 4 is 17.4 Å². The standard InChI is InChI=1S/C16H19ClN4/c1-21(11-12-4-2-3-5-15(12)17)16-10-19-14(9-20-16)8-18-13-6-7-13/h2-5,9-10,13,18H,6-8,11H2,1H3. The second kappa shape index (κ2) is 6.41. The zero-order valence-corrected chi connectivity index (χ0v) is 12.8. The zero-order chi connectivity index (χ0) is 14.7. The molecular weight excluding hydrogens is 284 g/mol. The molecule has 0 atom stereocenters. The highest BCUT2D eigenvalue weighted by atomic mass is 35.5. The van der Waals surface area contributed by atoms with E-state index in [0.717, 1.165) is 28.6 Å². The van der Waals surface area contributed by atoms with Crippen LogP contribution in [0.4, 0.5) is 5.82 Å². The molecule has 1 aromatic carbocycles. The van der Waals surface area contributed by atoms with E-state index in [9.17, 15) is 0 Å². The molecule has 1 N–H and O–H groups in total. The van der Waals surface area contributed by atoms with Crippen molar-refractivity contribution in [2.45, 2.75) is 32.0 Å². The van der Waals surface area contributed by atoms with E-state index in [4.69, 9.17) is 11.6 Å². The highest BCUT2D eigenvalue weighted by Gasteiger charge is 2.20. The summed E-state index contributed by atoms with van der Waals surface area (Å²) in [6, 6.07) is 8.55.